The van der Waals surface area contributed by atoms with Gasteiger partial charge in [-0.1, -0.05) is 42.5 Å². The fraction of sp³-hybridized carbons (Fsp3) is 0.111. The van der Waals surface area contributed by atoms with Gasteiger partial charge in [0.2, 0.25) is 0 Å². The van der Waals surface area contributed by atoms with Crippen molar-refractivity contribution < 1.29 is 4.39 Å². The molecule has 21 heavy (non-hydrogen) atoms. The highest BCUT2D eigenvalue weighted by Gasteiger charge is 2.17. The molecule has 3 heteroatoms. The molecule has 0 bridgehead atoms. The molecule has 0 spiro atoms. The number of rotatable bonds is 2. The van der Waals surface area contributed by atoms with E-state index in [-0.39, 0.29) is 11.9 Å². The van der Waals surface area contributed by atoms with E-state index in [9.17, 15) is 4.39 Å². The molecule has 0 aliphatic carbocycles. The number of hydrogen-bond acceptors (Lipinski definition) is 1. The Morgan fingerprint density at radius 3 is 2.57 bits per heavy atom. The Kier molecular flexibility index (Phi) is 3.95. The number of nitrogens with two attached hydrogens (primary N) is 1. The average Bonchev–Trinajstić information content (AvgIpc) is 2.46. The van der Waals surface area contributed by atoms with Gasteiger partial charge in [0.15, 0.2) is 0 Å². The van der Waals surface area contributed by atoms with Crippen molar-refractivity contribution in [2.24, 2.45) is 5.73 Å². The molecule has 0 aromatic heterocycles. The molecule has 0 heterocycles. The third-order valence-corrected chi connectivity index (χ3v) is 4.73. The topological polar surface area (TPSA) is 26.0 Å². The first-order valence-corrected chi connectivity index (χ1v) is 7.84. The van der Waals surface area contributed by atoms with Crippen LogP contribution in [0.5, 0.6) is 0 Å². The van der Waals surface area contributed by atoms with Gasteiger partial charge in [-0.2, -0.15) is 0 Å². The van der Waals surface area contributed by atoms with Crippen molar-refractivity contribution in [1.82, 2.24) is 0 Å². The zero-order chi connectivity index (χ0) is 15.0. The number of hydrogen-bond donors (Lipinski definition) is 1. The molecule has 3 rings (SSSR count). The third kappa shape index (κ3) is 2.68. The summed E-state index contributed by atoms with van der Waals surface area (Å²) in [5.41, 5.74) is 9.72. The molecule has 106 valence electrons. The van der Waals surface area contributed by atoms with Gasteiger partial charge in [0, 0.05) is 3.57 Å². The van der Waals surface area contributed by atoms with Crippen LogP contribution in [0.4, 0.5) is 4.39 Å². The fourth-order valence-electron chi connectivity index (χ4n) is 2.73. The molecular formula is C18H15FIN. The second-order valence-electron chi connectivity index (χ2n) is 5.16. The minimum atomic E-state index is -0.261. The van der Waals surface area contributed by atoms with Crippen molar-refractivity contribution in [3.8, 4) is 0 Å². The zero-order valence-corrected chi connectivity index (χ0v) is 13.8. The van der Waals surface area contributed by atoms with E-state index in [1.165, 1.54) is 17.5 Å². The molecule has 0 saturated carbocycles. The predicted molar refractivity (Wildman–Crippen MR) is 93.8 cm³/mol. The van der Waals surface area contributed by atoms with Crippen molar-refractivity contribution in [2.75, 3.05) is 0 Å². The van der Waals surface area contributed by atoms with Crippen LogP contribution in [0, 0.1) is 16.3 Å². The van der Waals surface area contributed by atoms with Crippen molar-refractivity contribution in [1.29, 1.82) is 0 Å². The molecule has 1 atom stereocenters. The number of halogens is 2. The van der Waals surface area contributed by atoms with Crippen LogP contribution in [0.15, 0.2) is 54.6 Å². The van der Waals surface area contributed by atoms with Gasteiger partial charge < -0.3 is 5.73 Å². The summed E-state index contributed by atoms with van der Waals surface area (Å²) in [7, 11) is 0. The lowest BCUT2D eigenvalue weighted by atomic mass is 9.91. The SMILES string of the molecule is Cc1ccc2ccccc2c1C(N)c1ccc(F)cc1I. The van der Waals surface area contributed by atoms with Crippen LogP contribution < -0.4 is 5.73 Å². The quantitative estimate of drug-likeness (QED) is 0.616. The first-order chi connectivity index (χ1) is 10.1. The summed E-state index contributed by atoms with van der Waals surface area (Å²) in [6, 6.07) is 16.9. The molecule has 0 fully saturated rings. The lowest BCUT2D eigenvalue weighted by Gasteiger charge is -2.19. The lowest BCUT2D eigenvalue weighted by Crippen LogP contribution is -2.15. The van der Waals surface area contributed by atoms with Gasteiger partial charge in [0.25, 0.3) is 0 Å². The van der Waals surface area contributed by atoms with Crippen molar-refractivity contribution in [3.05, 3.63) is 80.7 Å². The van der Waals surface area contributed by atoms with E-state index in [1.54, 1.807) is 6.07 Å². The van der Waals surface area contributed by atoms with E-state index in [0.29, 0.717) is 0 Å². The summed E-state index contributed by atoms with van der Waals surface area (Å²) in [5, 5.41) is 2.33. The summed E-state index contributed by atoms with van der Waals surface area (Å²) in [4.78, 5) is 0. The maximum absolute atomic E-state index is 13.3. The Morgan fingerprint density at radius 2 is 1.81 bits per heavy atom. The first kappa shape index (κ1) is 14.5. The Morgan fingerprint density at radius 1 is 1.05 bits per heavy atom. The first-order valence-electron chi connectivity index (χ1n) is 6.76. The van der Waals surface area contributed by atoms with Gasteiger partial charge in [0.05, 0.1) is 6.04 Å². The monoisotopic (exact) mass is 391 g/mol. The molecule has 0 aliphatic heterocycles. The number of benzene rings is 3. The zero-order valence-electron chi connectivity index (χ0n) is 11.6. The second kappa shape index (κ2) is 5.73. The minimum Gasteiger partial charge on any atom is -0.320 e. The summed E-state index contributed by atoms with van der Waals surface area (Å²) in [6.45, 7) is 2.07. The van der Waals surface area contributed by atoms with Gasteiger partial charge in [-0.15, -0.1) is 0 Å². The molecule has 1 unspecified atom stereocenters. The van der Waals surface area contributed by atoms with Crippen molar-refractivity contribution in [3.63, 3.8) is 0 Å². The molecule has 0 saturated heterocycles. The van der Waals surface area contributed by atoms with E-state index in [0.717, 1.165) is 25.6 Å². The van der Waals surface area contributed by atoms with Crippen LogP contribution >= 0.6 is 22.6 Å². The van der Waals surface area contributed by atoms with Crippen LogP contribution in [-0.4, -0.2) is 0 Å². The summed E-state index contributed by atoms with van der Waals surface area (Å²) < 4.78 is 14.2. The van der Waals surface area contributed by atoms with Crippen molar-refractivity contribution >= 4 is 33.4 Å². The van der Waals surface area contributed by atoms with E-state index >= 15 is 0 Å². The predicted octanol–water partition coefficient (Wildman–Crippen LogP) is 4.94. The Labute approximate surface area is 137 Å². The maximum Gasteiger partial charge on any atom is 0.124 e. The fourth-order valence-corrected chi connectivity index (χ4v) is 3.54. The highest BCUT2D eigenvalue weighted by molar-refractivity contribution is 14.1. The number of aryl methyl sites for hydroxylation is 1. The lowest BCUT2D eigenvalue weighted by molar-refractivity contribution is 0.625. The van der Waals surface area contributed by atoms with Crippen LogP contribution in [0.3, 0.4) is 0 Å². The Balaban J connectivity index is 2.21. The minimum absolute atomic E-state index is 0.231. The second-order valence-corrected chi connectivity index (χ2v) is 6.32. The summed E-state index contributed by atoms with van der Waals surface area (Å²) in [5.74, 6) is -0.231. The number of fused-ring (bicyclic) bond motifs is 1. The maximum atomic E-state index is 13.3. The van der Waals surface area contributed by atoms with E-state index in [2.05, 4.69) is 53.8 Å². The Hall–Kier alpha value is -1.46. The molecule has 0 amide bonds. The molecule has 2 N–H and O–H groups in total. The van der Waals surface area contributed by atoms with E-state index in [4.69, 9.17) is 5.73 Å². The Bertz CT molecular complexity index is 813. The van der Waals surface area contributed by atoms with Gasteiger partial charge in [-0.3, -0.25) is 0 Å². The van der Waals surface area contributed by atoms with Gasteiger partial charge >= 0.3 is 0 Å². The highest BCUT2D eigenvalue weighted by Crippen LogP contribution is 2.32. The van der Waals surface area contributed by atoms with E-state index in [1.807, 2.05) is 12.1 Å². The van der Waals surface area contributed by atoms with Gasteiger partial charge in [-0.25, -0.2) is 4.39 Å². The van der Waals surface area contributed by atoms with E-state index < -0.39 is 0 Å². The smallest absolute Gasteiger partial charge is 0.124 e. The van der Waals surface area contributed by atoms with Crippen LogP contribution in [-0.2, 0) is 0 Å². The van der Waals surface area contributed by atoms with Crippen LogP contribution in [0.25, 0.3) is 10.8 Å². The molecule has 3 aromatic rings. The summed E-state index contributed by atoms with van der Waals surface area (Å²) >= 11 is 2.14. The third-order valence-electron chi connectivity index (χ3n) is 3.80. The highest BCUT2D eigenvalue weighted by atomic mass is 127. The summed E-state index contributed by atoms with van der Waals surface area (Å²) in [6.07, 6.45) is 0. The van der Waals surface area contributed by atoms with Gasteiger partial charge in [0.1, 0.15) is 5.82 Å². The largest absolute Gasteiger partial charge is 0.320 e. The molecule has 3 aromatic carbocycles. The molecule has 1 nitrogen and oxygen atoms in total. The van der Waals surface area contributed by atoms with Crippen molar-refractivity contribution in [2.45, 2.75) is 13.0 Å². The van der Waals surface area contributed by atoms with Crippen LogP contribution in [0.2, 0.25) is 0 Å². The molecule has 0 radical (unpaired) electrons. The standard InChI is InChI=1S/C18H15FIN/c1-11-6-7-12-4-2-3-5-14(12)17(11)18(21)15-9-8-13(19)10-16(15)20/h2-10,18H,21H2,1H3. The molecule has 0 aliphatic rings. The molecular weight excluding hydrogens is 376 g/mol. The van der Waals surface area contributed by atoms with Crippen LogP contribution in [0.1, 0.15) is 22.7 Å². The van der Waals surface area contributed by atoms with Gasteiger partial charge in [-0.05, 0) is 69.1 Å². The normalized spacial score (nSPS) is 12.6. The average molecular weight is 391 g/mol.